The maximum Gasteiger partial charge on any atom is 1.00 e. The molecular formula is C46H72Cl2K2N4O12S. The number of carbonyl (C=O) groups excluding carboxylic acids is 3. The number of likely N-dealkylation sites (tertiary alicyclic amines) is 3. The van der Waals surface area contributed by atoms with Gasteiger partial charge in [-0.15, -0.1) is 0 Å². The zero-order valence-electron chi connectivity index (χ0n) is 42.0. The van der Waals surface area contributed by atoms with Crippen LogP contribution in [0, 0.1) is 0 Å². The molecular weight excluding hydrogens is 982 g/mol. The Hall–Kier alpha value is 0.0127. The molecule has 2 amide bonds. The summed E-state index contributed by atoms with van der Waals surface area (Å²) in [4.78, 5) is 41.2. The first-order chi connectivity index (χ1) is 30.5. The first kappa shape index (κ1) is 65.0. The molecule has 4 unspecified atom stereocenters. The topological polar surface area (TPSA) is 208 Å². The van der Waals surface area contributed by atoms with Gasteiger partial charge in [-0.2, -0.15) is 8.42 Å². The maximum atomic E-state index is 12.3. The van der Waals surface area contributed by atoms with E-state index < -0.39 is 33.5 Å². The van der Waals surface area contributed by atoms with Crippen molar-refractivity contribution in [2.75, 3.05) is 45.5 Å². The average molecular weight is 1050 g/mol. The molecule has 67 heavy (non-hydrogen) atoms. The number of carbonyl (C=O) groups is 3. The molecule has 4 saturated heterocycles. The van der Waals surface area contributed by atoms with Crippen LogP contribution < -0.4 is 113 Å². The summed E-state index contributed by atoms with van der Waals surface area (Å²) in [5.74, 6) is 0. The summed E-state index contributed by atoms with van der Waals surface area (Å²) in [6.45, 7) is 15.3. The number of benzene rings is 2. The van der Waals surface area contributed by atoms with Crippen molar-refractivity contribution in [3.05, 3.63) is 69.7 Å². The Balaban J connectivity index is 0.000000977. The van der Waals surface area contributed by atoms with E-state index in [1.807, 2.05) is 95.0 Å². The van der Waals surface area contributed by atoms with E-state index in [4.69, 9.17) is 46.9 Å². The van der Waals surface area contributed by atoms with Crippen LogP contribution in [-0.2, 0) is 33.5 Å². The minimum Gasteiger partial charge on any atom is -1.00 e. The van der Waals surface area contributed by atoms with Gasteiger partial charge in [0.05, 0.1) is 24.6 Å². The number of amides is 2. The van der Waals surface area contributed by atoms with E-state index in [0.717, 1.165) is 69.0 Å². The number of piperidine rings is 4. The second kappa shape index (κ2) is 32.3. The SMILES string of the molecule is CC(C)(C)OC(=O)N1CCC(N2CCCCC2C(O)c2ccc(Cl)cc2)CC1.CC(C)(C)OC(=O)N1CCC(OS(C)(=O)=O)CC1.O=CO[O-].OC(c1ccc(Cl)cc1)C1CCCCN1.[H-].[K+].[K+]. The molecule has 4 heterocycles. The van der Waals surface area contributed by atoms with Crippen LogP contribution in [0.25, 0.3) is 0 Å². The molecule has 0 saturated carbocycles. The van der Waals surface area contributed by atoms with Crippen molar-refractivity contribution in [2.24, 2.45) is 0 Å². The molecule has 4 fully saturated rings. The van der Waals surface area contributed by atoms with Gasteiger partial charge in [-0.25, -0.2) is 9.59 Å². The number of aliphatic hydroxyl groups is 2. The van der Waals surface area contributed by atoms with Crippen molar-refractivity contribution in [1.29, 1.82) is 0 Å². The van der Waals surface area contributed by atoms with E-state index in [2.05, 4.69) is 15.1 Å². The Morgan fingerprint density at radius 3 is 1.57 bits per heavy atom. The van der Waals surface area contributed by atoms with Crippen LogP contribution in [-0.4, -0.2) is 133 Å². The predicted octanol–water partition coefficient (Wildman–Crippen LogP) is 1.06. The Bertz CT molecular complexity index is 1850. The number of hydrogen-bond acceptors (Lipinski definition) is 14. The second-order valence-electron chi connectivity index (χ2n) is 18.7. The molecule has 0 bridgehead atoms. The largest absolute Gasteiger partial charge is 1.00 e. The van der Waals surface area contributed by atoms with Crippen molar-refractivity contribution < 1.29 is 161 Å². The molecule has 0 spiro atoms. The van der Waals surface area contributed by atoms with Crippen LogP contribution >= 0.6 is 23.2 Å². The van der Waals surface area contributed by atoms with E-state index in [1.54, 1.807) is 4.90 Å². The van der Waals surface area contributed by atoms with Gasteiger partial charge in [0.15, 0.2) is 0 Å². The minimum absolute atomic E-state index is 0. The summed E-state index contributed by atoms with van der Waals surface area (Å²) in [6, 6.07) is 15.7. The summed E-state index contributed by atoms with van der Waals surface area (Å²) in [6.07, 6.45) is 8.80. The molecule has 21 heteroatoms. The van der Waals surface area contributed by atoms with Crippen molar-refractivity contribution in [3.8, 4) is 0 Å². The molecule has 0 aromatic heterocycles. The maximum absolute atomic E-state index is 12.3. The fraction of sp³-hybridized carbons (Fsp3) is 0.674. The molecule has 3 N–H and O–H groups in total. The smallest absolute Gasteiger partial charge is 1.00 e. The predicted molar refractivity (Wildman–Crippen MR) is 249 cm³/mol. The molecule has 0 aliphatic carbocycles. The number of rotatable bonds is 8. The standard InChI is InChI=1S/C22H33ClN2O3.C12H16ClNO.C11H21NO5S.CH2O3.2K.H/c1-22(2,3)28-21(27)24-14-11-18(12-15-24)25-13-5-4-6-19(25)20(26)16-7-9-17(23)10-8-16;13-10-6-4-9(5-7-10)12(15)11-3-1-2-8-14-11;1-11(2,3)16-10(13)12-7-5-9(6-8-12)17-18(4,14)15;2-1-4-3;;;/h7-10,18-20,26H,4-6,11-15H2,1-3H3;4-7,11-12,14-15H,1-3,8H2;9H,5-8H2,1-4H3;1,3H;;;/q;;;;2*+1;-1/p-1. The van der Waals surface area contributed by atoms with Gasteiger partial charge in [-0.1, -0.05) is 60.3 Å². The Labute approximate surface area is 495 Å². The molecule has 4 aliphatic heterocycles. The fourth-order valence-corrected chi connectivity index (χ4v) is 9.05. The van der Waals surface area contributed by atoms with E-state index in [-0.39, 0.29) is 141 Å². The molecule has 2 aromatic rings. The molecule has 4 aliphatic rings. The molecule has 2 aromatic carbocycles. The van der Waals surface area contributed by atoms with E-state index in [1.165, 1.54) is 12.8 Å². The van der Waals surface area contributed by atoms with Gasteiger partial charge in [0.1, 0.15) is 11.2 Å². The van der Waals surface area contributed by atoms with Crippen molar-refractivity contribution >= 4 is 52.0 Å². The second-order valence-corrected chi connectivity index (χ2v) is 21.2. The number of hydrogen-bond donors (Lipinski definition) is 3. The summed E-state index contributed by atoms with van der Waals surface area (Å²) in [5.41, 5.74) is 0.887. The van der Waals surface area contributed by atoms with Crippen LogP contribution in [0.4, 0.5) is 9.59 Å². The summed E-state index contributed by atoms with van der Waals surface area (Å²) < 4.78 is 37.6. The zero-order chi connectivity index (χ0) is 48.4. The Morgan fingerprint density at radius 1 is 0.731 bits per heavy atom. The Kier molecular flexibility index (Phi) is 31.3. The Morgan fingerprint density at radius 2 is 1.16 bits per heavy atom. The third kappa shape index (κ3) is 25.5. The van der Waals surface area contributed by atoms with Gasteiger partial charge in [0.2, 0.25) is 0 Å². The van der Waals surface area contributed by atoms with Crippen molar-refractivity contribution in [1.82, 2.24) is 20.0 Å². The molecule has 16 nitrogen and oxygen atoms in total. The van der Waals surface area contributed by atoms with Crippen LogP contribution in [0.2, 0.25) is 10.0 Å². The summed E-state index contributed by atoms with van der Waals surface area (Å²) in [5, 5.41) is 34.3. The van der Waals surface area contributed by atoms with E-state index >= 15 is 0 Å². The van der Waals surface area contributed by atoms with Gasteiger partial charge in [0, 0.05) is 54.3 Å². The monoisotopic (exact) mass is 1050 g/mol. The third-order valence-electron chi connectivity index (χ3n) is 11.1. The first-order valence-corrected chi connectivity index (χ1v) is 25.0. The number of nitrogens with one attached hydrogen (secondary N) is 1. The van der Waals surface area contributed by atoms with Crippen LogP contribution in [0.5, 0.6) is 0 Å². The van der Waals surface area contributed by atoms with Gasteiger partial charge >= 0.3 is 115 Å². The number of halogens is 2. The first-order valence-electron chi connectivity index (χ1n) is 22.4. The summed E-state index contributed by atoms with van der Waals surface area (Å²) >= 11 is 11.8. The normalized spacial score (nSPS) is 20.5. The van der Waals surface area contributed by atoms with Gasteiger partial charge in [-0.05, 0) is 141 Å². The number of aliphatic hydroxyl groups excluding tert-OH is 2. The number of ether oxygens (including phenoxy) is 2. The van der Waals surface area contributed by atoms with Crippen molar-refractivity contribution in [3.63, 3.8) is 0 Å². The zero-order valence-corrected chi connectivity index (χ0v) is 49.5. The van der Waals surface area contributed by atoms with E-state index in [0.29, 0.717) is 55.1 Å². The van der Waals surface area contributed by atoms with Crippen molar-refractivity contribution in [2.45, 2.75) is 153 Å². The fourth-order valence-electron chi connectivity index (χ4n) is 8.11. The van der Waals surface area contributed by atoms with Crippen LogP contribution in [0.15, 0.2) is 48.5 Å². The molecule has 0 radical (unpaired) electrons. The van der Waals surface area contributed by atoms with E-state index in [9.17, 15) is 28.2 Å². The van der Waals surface area contributed by atoms with Crippen LogP contribution in [0.1, 0.15) is 131 Å². The van der Waals surface area contributed by atoms with Gasteiger partial charge in [0.25, 0.3) is 16.6 Å². The molecule has 370 valence electrons. The van der Waals surface area contributed by atoms with Gasteiger partial charge in [-0.3, -0.25) is 13.9 Å². The van der Waals surface area contributed by atoms with Gasteiger partial charge < -0.3 is 46.4 Å². The van der Waals surface area contributed by atoms with Crippen LogP contribution in [0.3, 0.4) is 0 Å². The summed E-state index contributed by atoms with van der Waals surface area (Å²) in [7, 11) is -3.42. The number of nitrogens with zero attached hydrogens (tertiary/aromatic N) is 3. The average Bonchev–Trinajstić information content (AvgIpc) is 3.26. The molecule has 6 rings (SSSR count). The minimum atomic E-state index is -3.42. The molecule has 4 atom stereocenters. The third-order valence-corrected chi connectivity index (χ3v) is 12.3. The quantitative estimate of drug-likeness (QED) is 0.111.